The van der Waals surface area contributed by atoms with Crippen molar-refractivity contribution in [2.45, 2.75) is 47.0 Å². The van der Waals surface area contributed by atoms with E-state index in [1.165, 1.54) is 5.57 Å². The van der Waals surface area contributed by atoms with E-state index in [0.29, 0.717) is 11.8 Å². The highest BCUT2D eigenvalue weighted by atomic mass is 16.3. The van der Waals surface area contributed by atoms with Crippen molar-refractivity contribution in [3.63, 3.8) is 0 Å². The molecule has 2 heteroatoms. The molecule has 2 N–H and O–H groups in total. The fourth-order valence-corrected chi connectivity index (χ4v) is 3.34. The number of allylic oxidation sites excluding steroid dienone is 5. The first-order chi connectivity index (χ1) is 10.3. The lowest BCUT2D eigenvalue weighted by Gasteiger charge is -2.45. The minimum Gasteiger partial charge on any atom is -0.392 e. The summed E-state index contributed by atoms with van der Waals surface area (Å²) in [6.45, 7) is 13.2. The SMILES string of the molecule is C=C1CC[C@H](C/C=C(\C)CO)C(C)(C)[C@@H]1/C=C/C(C)=C/CO. The molecule has 1 saturated carbocycles. The van der Waals surface area contributed by atoms with Crippen molar-refractivity contribution in [2.24, 2.45) is 17.3 Å². The molecule has 0 aromatic rings. The van der Waals surface area contributed by atoms with Gasteiger partial charge in [-0.05, 0) is 44.4 Å². The van der Waals surface area contributed by atoms with Gasteiger partial charge in [-0.2, -0.15) is 0 Å². The molecule has 0 heterocycles. The Kier molecular flexibility index (Phi) is 7.31. The lowest BCUT2D eigenvalue weighted by molar-refractivity contribution is 0.127. The third kappa shape index (κ3) is 4.96. The number of hydrogen-bond donors (Lipinski definition) is 2. The lowest BCUT2D eigenvalue weighted by Crippen LogP contribution is -2.36. The van der Waals surface area contributed by atoms with Crippen LogP contribution in [0.4, 0.5) is 0 Å². The number of aliphatic hydroxyl groups is 2. The molecule has 0 amide bonds. The molecule has 2 nitrogen and oxygen atoms in total. The normalized spacial score (nSPS) is 26.7. The van der Waals surface area contributed by atoms with Crippen LogP contribution in [0, 0.1) is 17.3 Å². The topological polar surface area (TPSA) is 40.5 Å². The lowest BCUT2D eigenvalue weighted by atomic mass is 9.59. The van der Waals surface area contributed by atoms with Crippen molar-refractivity contribution in [1.82, 2.24) is 0 Å². The van der Waals surface area contributed by atoms with Gasteiger partial charge in [0.15, 0.2) is 0 Å². The second-order valence-corrected chi connectivity index (χ2v) is 7.13. The highest BCUT2D eigenvalue weighted by molar-refractivity contribution is 5.24. The number of hydrogen-bond acceptors (Lipinski definition) is 2. The van der Waals surface area contributed by atoms with Gasteiger partial charge in [0.1, 0.15) is 0 Å². The fourth-order valence-electron chi connectivity index (χ4n) is 3.34. The van der Waals surface area contributed by atoms with Gasteiger partial charge in [-0.1, -0.05) is 61.4 Å². The molecule has 1 aliphatic rings. The van der Waals surface area contributed by atoms with Gasteiger partial charge in [-0.15, -0.1) is 0 Å². The van der Waals surface area contributed by atoms with Crippen LogP contribution in [0.15, 0.2) is 47.6 Å². The van der Waals surface area contributed by atoms with E-state index < -0.39 is 0 Å². The second-order valence-electron chi connectivity index (χ2n) is 7.13. The Morgan fingerprint density at radius 3 is 2.55 bits per heavy atom. The van der Waals surface area contributed by atoms with Crippen LogP contribution in [0.25, 0.3) is 0 Å². The molecule has 1 rings (SSSR count). The van der Waals surface area contributed by atoms with Gasteiger partial charge in [0.2, 0.25) is 0 Å². The van der Waals surface area contributed by atoms with Crippen molar-refractivity contribution in [1.29, 1.82) is 0 Å². The van der Waals surface area contributed by atoms with Gasteiger partial charge in [-0.25, -0.2) is 0 Å². The maximum Gasteiger partial charge on any atom is 0.0639 e. The molecule has 1 fully saturated rings. The highest BCUT2D eigenvalue weighted by Gasteiger charge is 2.39. The quantitative estimate of drug-likeness (QED) is 0.563. The Morgan fingerprint density at radius 2 is 1.95 bits per heavy atom. The first kappa shape index (κ1) is 18.9. The van der Waals surface area contributed by atoms with Crippen molar-refractivity contribution < 1.29 is 10.2 Å². The molecule has 124 valence electrons. The van der Waals surface area contributed by atoms with E-state index in [0.717, 1.165) is 30.4 Å². The molecule has 0 aliphatic heterocycles. The van der Waals surface area contributed by atoms with Gasteiger partial charge >= 0.3 is 0 Å². The summed E-state index contributed by atoms with van der Waals surface area (Å²) in [7, 11) is 0. The molecular weight excluding hydrogens is 272 g/mol. The summed E-state index contributed by atoms with van der Waals surface area (Å²) in [6, 6.07) is 0. The third-order valence-electron chi connectivity index (χ3n) is 5.07. The zero-order valence-electron chi connectivity index (χ0n) is 14.6. The monoisotopic (exact) mass is 304 g/mol. The smallest absolute Gasteiger partial charge is 0.0639 e. The van der Waals surface area contributed by atoms with Crippen molar-refractivity contribution in [3.05, 3.63) is 47.6 Å². The molecule has 0 bridgehead atoms. The molecule has 0 unspecified atom stereocenters. The first-order valence-corrected chi connectivity index (χ1v) is 8.22. The van der Waals surface area contributed by atoms with Crippen LogP contribution in [0.3, 0.4) is 0 Å². The van der Waals surface area contributed by atoms with Crippen LogP contribution < -0.4 is 0 Å². The summed E-state index contributed by atoms with van der Waals surface area (Å²) in [6.07, 6.45) is 11.6. The summed E-state index contributed by atoms with van der Waals surface area (Å²) in [5.74, 6) is 0.951. The van der Waals surface area contributed by atoms with Gasteiger partial charge in [0.05, 0.1) is 13.2 Å². The molecule has 1 aliphatic carbocycles. The zero-order valence-corrected chi connectivity index (χ0v) is 14.6. The Hall–Kier alpha value is -1.12. The van der Waals surface area contributed by atoms with Crippen LogP contribution in [0.2, 0.25) is 0 Å². The Labute approximate surface area is 135 Å². The maximum atomic E-state index is 9.16. The zero-order chi connectivity index (χ0) is 16.8. The average Bonchev–Trinajstić information content (AvgIpc) is 2.45. The minimum absolute atomic E-state index is 0.0824. The predicted molar refractivity (Wildman–Crippen MR) is 94.6 cm³/mol. The Bertz CT molecular complexity index is 466. The summed E-state index contributed by atoms with van der Waals surface area (Å²) < 4.78 is 0. The molecule has 22 heavy (non-hydrogen) atoms. The van der Waals surface area contributed by atoms with E-state index in [1.807, 2.05) is 19.9 Å². The predicted octanol–water partition coefficient (Wildman–Crippen LogP) is 4.42. The van der Waals surface area contributed by atoms with Gasteiger partial charge in [0, 0.05) is 5.92 Å². The molecular formula is C20H32O2. The van der Waals surface area contributed by atoms with Crippen molar-refractivity contribution in [2.75, 3.05) is 13.2 Å². The van der Waals surface area contributed by atoms with Crippen molar-refractivity contribution >= 4 is 0 Å². The Balaban J connectivity index is 2.91. The van der Waals surface area contributed by atoms with Crippen LogP contribution >= 0.6 is 0 Å². The van der Waals surface area contributed by atoms with E-state index in [9.17, 15) is 0 Å². The molecule has 0 aromatic carbocycles. The number of aliphatic hydroxyl groups excluding tert-OH is 2. The van der Waals surface area contributed by atoms with Gasteiger partial charge < -0.3 is 10.2 Å². The van der Waals surface area contributed by atoms with Crippen LogP contribution in [-0.4, -0.2) is 23.4 Å². The minimum atomic E-state index is 0.0824. The van der Waals surface area contributed by atoms with Gasteiger partial charge in [0.25, 0.3) is 0 Å². The average molecular weight is 304 g/mol. The van der Waals surface area contributed by atoms with Crippen LogP contribution in [0.5, 0.6) is 0 Å². The molecule has 0 spiro atoms. The first-order valence-electron chi connectivity index (χ1n) is 8.22. The number of rotatable bonds is 6. The Morgan fingerprint density at radius 1 is 1.27 bits per heavy atom. The third-order valence-corrected chi connectivity index (χ3v) is 5.07. The molecule has 0 aromatic heterocycles. The molecule has 0 radical (unpaired) electrons. The van der Waals surface area contributed by atoms with E-state index in [1.54, 1.807) is 0 Å². The summed E-state index contributed by atoms with van der Waals surface area (Å²) in [5, 5.41) is 18.1. The fraction of sp³-hybridized carbons (Fsp3) is 0.600. The highest BCUT2D eigenvalue weighted by Crippen LogP contribution is 2.49. The van der Waals surface area contributed by atoms with Crippen molar-refractivity contribution in [3.8, 4) is 0 Å². The largest absolute Gasteiger partial charge is 0.392 e. The molecule has 0 saturated heterocycles. The van der Waals surface area contributed by atoms with Gasteiger partial charge in [-0.3, -0.25) is 0 Å². The molecule has 2 atom stereocenters. The van der Waals surface area contributed by atoms with E-state index in [-0.39, 0.29) is 18.6 Å². The summed E-state index contributed by atoms with van der Waals surface area (Å²) in [5.41, 5.74) is 3.59. The van der Waals surface area contributed by atoms with E-state index in [4.69, 9.17) is 10.2 Å². The maximum absolute atomic E-state index is 9.16. The van der Waals surface area contributed by atoms with E-state index in [2.05, 4.69) is 38.7 Å². The van der Waals surface area contributed by atoms with Crippen LogP contribution in [-0.2, 0) is 0 Å². The standard InChI is InChI=1S/C20H32O2/c1-15(12-13-21)7-11-19-17(3)8-10-18(20(19,4)5)9-6-16(2)14-22/h6-7,11-12,18-19,21-22H,3,8-10,13-14H2,1-2,4-5H3/b11-7+,15-12+,16-6+/t18-,19+/m0/s1. The summed E-state index contributed by atoms with van der Waals surface area (Å²) >= 11 is 0. The van der Waals surface area contributed by atoms with E-state index >= 15 is 0 Å². The van der Waals surface area contributed by atoms with Crippen LogP contribution in [0.1, 0.15) is 47.0 Å². The second kappa shape index (κ2) is 8.50. The summed E-state index contributed by atoms with van der Waals surface area (Å²) in [4.78, 5) is 0.